The third-order valence-electron chi connectivity index (χ3n) is 3.05. The second-order valence-electron chi connectivity index (χ2n) is 4.61. The maximum absolute atomic E-state index is 10.7. The number of carboxylic acid groups (broad SMARTS) is 1. The average molecular weight is 286 g/mol. The summed E-state index contributed by atoms with van der Waals surface area (Å²) in [7, 11) is 0. The van der Waals surface area contributed by atoms with Crippen LogP contribution in [0.3, 0.4) is 0 Å². The number of aromatic nitrogens is 1. The van der Waals surface area contributed by atoms with E-state index >= 15 is 0 Å². The van der Waals surface area contributed by atoms with Gasteiger partial charge in [-0.1, -0.05) is 6.07 Å². The molecule has 1 atom stereocenters. The number of benzene rings is 1. The molecular formula is C16H18N2O3. The smallest absolute Gasteiger partial charge is 0.335 e. The van der Waals surface area contributed by atoms with E-state index in [4.69, 9.17) is 9.84 Å². The van der Waals surface area contributed by atoms with Gasteiger partial charge in [0.25, 0.3) is 0 Å². The molecule has 0 amide bonds. The minimum atomic E-state index is -0.938. The van der Waals surface area contributed by atoms with E-state index in [1.165, 1.54) is 12.1 Å². The molecule has 0 radical (unpaired) electrons. The van der Waals surface area contributed by atoms with Crippen molar-refractivity contribution in [3.63, 3.8) is 0 Å². The molecule has 1 aromatic carbocycles. The molecule has 0 fully saturated rings. The summed E-state index contributed by atoms with van der Waals surface area (Å²) in [5.41, 5.74) is 1.24. The van der Waals surface area contributed by atoms with Crippen LogP contribution >= 0.6 is 0 Å². The van der Waals surface area contributed by atoms with E-state index in [1.807, 2.05) is 25.1 Å². The monoisotopic (exact) mass is 286 g/mol. The highest BCUT2D eigenvalue weighted by molar-refractivity contribution is 5.87. The van der Waals surface area contributed by atoms with Gasteiger partial charge in [0.15, 0.2) is 0 Å². The molecule has 5 nitrogen and oxygen atoms in total. The number of aromatic carboxylic acids is 1. The highest BCUT2D eigenvalue weighted by atomic mass is 16.5. The van der Waals surface area contributed by atoms with Gasteiger partial charge in [0.05, 0.1) is 11.3 Å². The van der Waals surface area contributed by atoms with Gasteiger partial charge in [0.2, 0.25) is 0 Å². The molecule has 110 valence electrons. The number of nitrogens with one attached hydrogen (secondary N) is 1. The van der Waals surface area contributed by atoms with Crippen LogP contribution in [-0.4, -0.2) is 29.2 Å². The lowest BCUT2D eigenvalue weighted by molar-refractivity contribution is 0.0697. The Labute approximate surface area is 123 Å². The van der Waals surface area contributed by atoms with Crippen LogP contribution in [0, 0.1) is 0 Å². The molecule has 2 rings (SSSR count). The minimum Gasteiger partial charge on any atom is -0.492 e. The van der Waals surface area contributed by atoms with Crippen LogP contribution in [0.25, 0.3) is 0 Å². The van der Waals surface area contributed by atoms with Crippen molar-refractivity contribution < 1.29 is 14.6 Å². The fraction of sp³-hybridized carbons (Fsp3) is 0.250. The van der Waals surface area contributed by atoms with E-state index in [2.05, 4.69) is 10.3 Å². The topological polar surface area (TPSA) is 71.5 Å². The van der Waals surface area contributed by atoms with Crippen molar-refractivity contribution in [2.45, 2.75) is 13.0 Å². The molecule has 0 saturated carbocycles. The second-order valence-corrected chi connectivity index (χ2v) is 4.61. The lowest BCUT2D eigenvalue weighted by Crippen LogP contribution is -2.24. The predicted octanol–water partition coefficient (Wildman–Crippen LogP) is 2.51. The zero-order valence-electron chi connectivity index (χ0n) is 11.8. The summed E-state index contributed by atoms with van der Waals surface area (Å²) >= 11 is 0. The molecule has 0 aliphatic rings. The van der Waals surface area contributed by atoms with Crippen LogP contribution < -0.4 is 10.1 Å². The predicted molar refractivity (Wildman–Crippen MR) is 79.6 cm³/mol. The fourth-order valence-corrected chi connectivity index (χ4v) is 1.87. The van der Waals surface area contributed by atoms with Crippen molar-refractivity contribution in [3.8, 4) is 5.75 Å². The molecule has 0 spiro atoms. The normalized spacial score (nSPS) is 11.9. The maximum Gasteiger partial charge on any atom is 0.335 e. The maximum atomic E-state index is 10.7. The number of carbonyl (C=O) groups is 1. The Balaban J connectivity index is 1.73. The fourth-order valence-electron chi connectivity index (χ4n) is 1.87. The molecule has 2 aromatic rings. The van der Waals surface area contributed by atoms with Crippen LogP contribution in [-0.2, 0) is 0 Å². The van der Waals surface area contributed by atoms with E-state index < -0.39 is 5.97 Å². The summed E-state index contributed by atoms with van der Waals surface area (Å²) in [6.45, 7) is 3.23. The van der Waals surface area contributed by atoms with Crippen LogP contribution in [0.15, 0.2) is 48.7 Å². The first-order valence-electron chi connectivity index (χ1n) is 6.77. The van der Waals surface area contributed by atoms with E-state index in [0.29, 0.717) is 18.9 Å². The van der Waals surface area contributed by atoms with Gasteiger partial charge in [-0.15, -0.1) is 0 Å². The third kappa shape index (κ3) is 4.57. The molecule has 0 aliphatic carbocycles. The zero-order valence-corrected chi connectivity index (χ0v) is 11.8. The van der Waals surface area contributed by atoms with Gasteiger partial charge in [-0.3, -0.25) is 4.98 Å². The molecule has 2 N–H and O–H groups in total. The summed E-state index contributed by atoms with van der Waals surface area (Å²) in [6.07, 6.45) is 1.77. The van der Waals surface area contributed by atoms with Gasteiger partial charge < -0.3 is 15.2 Å². The van der Waals surface area contributed by atoms with Gasteiger partial charge in [0, 0.05) is 18.8 Å². The Morgan fingerprint density at radius 1 is 1.29 bits per heavy atom. The highest BCUT2D eigenvalue weighted by Gasteiger charge is 2.05. The Bertz CT molecular complexity index is 570. The van der Waals surface area contributed by atoms with Crippen molar-refractivity contribution in [3.05, 3.63) is 59.9 Å². The van der Waals surface area contributed by atoms with Gasteiger partial charge in [-0.25, -0.2) is 4.79 Å². The standard InChI is InChI=1S/C16H18N2O3/c1-12(15-4-2-3-9-18-15)17-10-11-21-14-7-5-13(6-8-14)16(19)20/h2-9,12,17H,10-11H2,1H3,(H,19,20)/t12-/m0/s1. The Kier molecular flexibility index (Phi) is 5.29. The number of hydrogen-bond acceptors (Lipinski definition) is 4. The van der Waals surface area contributed by atoms with Gasteiger partial charge >= 0.3 is 5.97 Å². The first-order chi connectivity index (χ1) is 10.2. The summed E-state index contributed by atoms with van der Waals surface area (Å²) in [5, 5.41) is 12.1. The van der Waals surface area contributed by atoms with Crippen molar-refractivity contribution in [1.82, 2.24) is 10.3 Å². The number of pyridine rings is 1. The van der Waals surface area contributed by atoms with Gasteiger partial charge in [-0.05, 0) is 43.3 Å². The summed E-state index contributed by atoms with van der Waals surface area (Å²) in [6, 6.07) is 12.4. The Hall–Kier alpha value is -2.40. The van der Waals surface area contributed by atoms with Crippen LogP contribution in [0.1, 0.15) is 29.0 Å². The first kappa shape index (κ1) is 15.0. The third-order valence-corrected chi connectivity index (χ3v) is 3.05. The molecule has 0 aliphatic heterocycles. The molecule has 5 heteroatoms. The molecular weight excluding hydrogens is 268 g/mol. The van der Waals surface area contributed by atoms with Crippen molar-refractivity contribution in [2.75, 3.05) is 13.2 Å². The number of carboxylic acids is 1. The number of hydrogen-bond donors (Lipinski definition) is 2. The largest absolute Gasteiger partial charge is 0.492 e. The quantitative estimate of drug-likeness (QED) is 0.765. The van der Waals surface area contributed by atoms with Crippen LogP contribution in [0.2, 0.25) is 0 Å². The summed E-state index contributed by atoms with van der Waals surface area (Å²) in [4.78, 5) is 15.0. The summed E-state index contributed by atoms with van der Waals surface area (Å²) < 4.78 is 5.55. The van der Waals surface area contributed by atoms with Crippen molar-refractivity contribution in [1.29, 1.82) is 0 Å². The first-order valence-corrected chi connectivity index (χ1v) is 6.77. The lowest BCUT2D eigenvalue weighted by Gasteiger charge is -2.13. The van der Waals surface area contributed by atoms with Crippen LogP contribution in [0.5, 0.6) is 5.75 Å². The average Bonchev–Trinajstić information content (AvgIpc) is 2.52. The van der Waals surface area contributed by atoms with Gasteiger partial charge in [0.1, 0.15) is 12.4 Å². The molecule has 0 saturated heterocycles. The Morgan fingerprint density at radius 2 is 2.05 bits per heavy atom. The van der Waals surface area contributed by atoms with E-state index in [0.717, 1.165) is 5.69 Å². The molecule has 1 aromatic heterocycles. The molecule has 1 heterocycles. The molecule has 21 heavy (non-hydrogen) atoms. The Morgan fingerprint density at radius 3 is 2.67 bits per heavy atom. The highest BCUT2D eigenvalue weighted by Crippen LogP contribution is 2.12. The number of rotatable bonds is 7. The zero-order chi connectivity index (χ0) is 15.1. The van der Waals surface area contributed by atoms with Crippen molar-refractivity contribution in [2.24, 2.45) is 0 Å². The van der Waals surface area contributed by atoms with Crippen molar-refractivity contribution >= 4 is 5.97 Å². The minimum absolute atomic E-state index is 0.157. The molecule has 0 bridgehead atoms. The van der Waals surface area contributed by atoms with E-state index in [1.54, 1.807) is 18.3 Å². The number of nitrogens with zero attached hydrogens (tertiary/aromatic N) is 1. The summed E-state index contributed by atoms with van der Waals surface area (Å²) in [5.74, 6) is -0.278. The number of ether oxygens (including phenoxy) is 1. The lowest BCUT2D eigenvalue weighted by atomic mass is 10.2. The van der Waals surface area contributed by atoms with E-state index in [9.17, 15) is 4.79 Å². The van der Waals surface area contributed by atoms with Gasteiger partial charge in [-0.2, -0.15) is 0 Å². The SMILES string of the molecule is C[C@H](NCCOc1ccc(C(=O)O)cc1)c1ccccn1. The second kappa shape index (κ2) is 7.40. The molecule has 0 unspecified atom stereocenters. The van der Waals surface area contributed by atoms with Crippen LogP contribution in [0.4, 0.5) is 0 Å². The van der Waals surface area contributed by atoms with E-state index in [-0.39, 0.29) is 11.6 Å².